The van der Waals surface area contributed by atoms with E-state index < -0.39 is 11.4 Å². The molecule has 2 aliphatic rings. The van der Waals surface area contributed by atoms with Crippen molar-refractivity contribution in [2.75, 3.05) is 13.7 Å². The minimum absolute atomic E-state index is 0.0532. The van der Waals surface area contributed by atoms with Crippen LogP contribution in [0.2, 0.25) is 10.0 Å². The molecule has 1 N–H and O–H groups in total. The van der Waals surface area contributed by atoms with Gasteiger partial charge in [-0.2, -0.15) is 0 Å². The third-order valence-corrected chi connectivity index (χ3v) is 7.74. The van der Waals surface area contributed by atoms with Crippen molar-refractivity contribution in [2.24, 2.45) is 11.3 Å². The van der Waals surface area contributed by atoms with Crippen molar-refractivity contribution in [3.05, 3.63) is 63.6 Å². The quantitative estimate of drug-likeness (QED) is 0.592. The lowest BCUT2D eigenvalue weighted by Gasteiger charge is -2.46. The van der Waals surface area contributed by atoms with E-state index in [0.29, 0.717) is 15.8 Å². The minimum atomic E-state index is -0.452. The molecule has 1 heterocycles. The van der Waals surface area contributed by atoms with Crippen LogP contribution in [0.5, 0.6) is 5.75 Å². The van der Waals surface area contributed by atoms with Crippen LogP contribution < -0.4 is 10.1 Å². The summed E-state index contributed by atoms with van der Waals surface area (Å²) >= 11 is 12.9. The summed E-state index contributed by atoms with van der Waals surface area (Å²) in [5.41, 5.74) is 1.75. The van der Waals surface area contributed by atoms with E-state index in [1.807, 2.05) is 24.3 Å². The number of benzene rings is 2. The average molecular weight is 476 g/mol. The summed E-state index contributed by atoms with van der Waals surface area (Å²) in [6.45, 7) is 4.00. The standard InChI is InChI=1S/C25H27Cl2NO4/c1-14-23-22(15-4-6-16(26)7-5-15)19(10-11-25(23,2)24(30)28-14)18-9-8-17(12-20(18)27)32-13-21(29)31-3/h4-9,12,14,19,22-23H,10-11,13H2,1-3H3,(H,28,30). The van der Waals surface area contributed by atoms with Crippen LogP contribution in [0.1, 0.15) is 49.7 Å². The highest BCUT2D eigenvalue weighted by molar-refractivity contribution is 6.31. The topological polar surface area (TPSA) is 64.6 Å². The summed E-state index contributed by atoms with van der Waals surface area (Å²) in [7, 11) is 1.32. The molecule has 4 rings (SSSR count). The Morgan fingerprint density at radius 2 is 1.91 bits per heavy atom. The molecule has 7 heteroatoms. The van der Waals surface area contributed by atoms with Gasteiger partial charge in [0, 0.05) is 22.0 Å². The van der Waals surface area contributed by atoms with Gasteiger partial charge in [-0.15, -0.1) is 0 Å². The molecule has 5 nitrogen and oxygen atoms in total. The molecule has 1 aliphatic carbocycles. The van der Waals surface area contributed by atoms with Gasteiger partial charge in [-0.25, -0.2) is 4.79 Å². The molecule has 1 aliphatic heterocycles. The lowest BCUT2D eigenvalue weighted by atomic mass is 9.56. The number of hydrogen-bond acceptors (Lipinski definition) is 4. The minimum Gasteiger partial charge on any atom is -0.482 e. The van der Waals surface area contributed by atoms with Crippen molar-refractivity contribution < 1.29 is 19.1 Å². The molecule has 2 aromatic rings. The van der Waals surface area contributed by atoms with Crippen LogP contribution in [0, 0.1) is 11.3 Å². The Morgan fingerprint density at radius 1 is 1.19 bits per heavy atom. The van der Waals surface area contributed by atoms with E-state index in [1.54, 1.807) is 6.07 Å². The molecule has 1 amide bonds. The zero-order valence-electron chi connectivity index (χ0n) is 18.4. The van der Waals surface area contributed by atoms with E-state index in [9.17, 15) is 9.59 Å². The molecule has 5 atom stereocenters. The summed E-state index contributed by atoms with van der Waals surface area (Å²) in [4.78, 5) is 24.2. The largest absolute Gasteiger partial charge is 0.482 e. The number of ether oxygens (including phenoxy) is 2. The van der Waals surface area contributed by atoms with Crippen molar-refractivity contribution in [2.45, 2.75) is 44.6 Å². The van der Waals surface area contributed by atoms with Crippen LogP contribution in [0.3, 0.4) is 0 Å². The van der Waals surface area contributed by atoms with Gasteiger partial charge in [0.05, 0.1) is 12.5 Å². The average Bonchev–Trinajstić information content (AvgIpc) is 3.00. The predicted octanol–water partition coefficient (Wildman–Crippen LogP) is 5.35. The van der Waals surface area contributed by atoms with Crippen LogP contribution in [-0.4, -0.2) is 31.6 Å². The number of hydrogen-bond donors (Lipinski definition) is 1. The van der Waals surface area contributed by atoms with Gasteiger partial charge in [0.2, 0.25) is 5.91 Å². The van der Waals surface area contributed by atoms with Crippen molar-refractivity contribution >= 4 is 35.1 Å². The molecule has 170 valence electrons. The second-order valence-corrected chi connectivity index (χ2v) is 9.82. The highest BCUT2D eigenvalue weighted by Crippen LogP contribution is 2.59. The predicted molar refractivity (Wildman–Crippen MR) is 124 cm³/mol. The first-order chi connectivity index (χ1) is 15.2. The van der Waals surface area contributed by atoms with Crippen LogP contribution in [0.15, 0.2) is 42.5 Å². The van der Waals surface area contributed by atoms with Crippen LogP contribution in [0.25, 0.3) is 0 Å². The van der Waals surface area contributed by atoms with Gasteiger partial charge in [-0.1, -0.05) is 48.3 Å². The lowest BCUT2D eigenvalue weighted by Crippen LogP contribution is -2.42. The van der Waals surface area contributed by atoms with E-state index in [1.165, 1.54) is 7.11 Å². The Balaban J connectivity index is 1.71. The van der Waals surface area contributed by atoms with E-state index in [4.69, 9.17) is 27.9 Å². The summed E-state index contributed by atoms with van der Waals surface area (Å²) < 4.78 is 10.1. The first-order valence-corrected chi connectivity index (χ1v) is 11.6. The Hall–Kier alpha value is -2.24. The molecular weight excluding hydrogens is 449 g/mol. The smallest absolute Gasteiger partial charge is 0.343 e. The number of esters is 1. The summed E-state index contributed by atoms with van der Waals surface area (Å²) in [5, 5.41) is 4.45. The number of amides is 1. The van der Waals surface area contributed by atoms with Crippen molar-refractivity contribution in [3.63, 3.8) is 0 Å². The summed E-state index contributed by atoms with van der Waals surface area (Å²) in [5.74, 6) is 0.544. The first kappa shape index (κ1) is 22.9. The lowest BCUT2D eigenvalue weighted by molar-refractivity contribution is -0.142. The van der Waals surface area contributed by atoms with E-state index in [0.717, 1.165) is 24.0 Å². The summed E-state index contributed by atoms with van der Waals surface area (Å²) in [6, 6.07) is 13.5. The molecule has 0 spiro atoms. The highest BCUT2D eigenvalue weighted by atomic mass is 35.5. The fraction of sp³-hybridized carbons (Fsp3) is 0.440. The normalized spacial score (nSPS) is 29.2. The third-order valence-electron chi connectivity index (χ3n) is 7.16. The fourth-order valence-electron chi connectivity index (χ4n) is 5.61. The molecule has 2 fully saturated rings. The van der Waals surface area contributed by atoms with Gasteiger partial charge in [0.25, 0.3) is 0 Å². The van der Waals surface area contributed by atoms with Gasteiger partial charge in [-0.05, 0) is 67.0 Å². The molecule has 1 saturated carbocycles. The molecule has 2 aromatic carbocycles. The van der Waals surface area contributed by atoms with E-state index >= 15 is 0 Å². The third kappa shape index (κ3) is 4.08. The second-order valence-electron chi connectivity index (χ2n) is 8.98. The van der Waals surface area contributed by atoms with Crippen molar-refractivity contribution in [1.82, 2.24) is 5.32 Å². The maximum absolute atomic E-state index is 12.9. The number of rotatable bonds is 5. The first-order valence-electron chi connectivity index (χ1n) is 10.8. The molecule has 0 radical (unpaired) electrons. The molecule has 1 saturated heterocycles. The van der Waals surface area contributed by atoms with Gasteiger partial charge in [-0.3, -0.25) is 4.79 Å². The van der Waals surface area contributed by atoms with Crippen LogP contribution in [-0.2, 0) is 14.3 Å². The SMILES string of the molecule is COC(=O)COc1ccc(C2CCC3(C)C(=O)NC(C)C3C2c2ccc(Cl)cc2)c(Cl)c1. The highest BCUT2D eigenvalue weighted by Gasteiger charge is 2.57. The van der Waals surface area contributed by atoms with Crippen LogP contribution >= 0.6 is 23.2 Å². The molecule has 0 bridgehead atoms. The van der Waals surface area contributed by atoms with Crippen LogP contribution in [0.4, 0.5) is 0 Å². The number of nitrogens with one attached hydrogen (secondary N) is 1. The van der Waals surface area contributed by atoms with Crippen molar-refractivity contribution in [1.29, 1.82) is 0 Å². The fourth-order valence-corrected chi connectivity index (χ4v) is 6.05. The zero-order chi connectivity index (χ0) is 23.0. The van der Waals surface area contributed by atoms with Gasteiger partial charge >= 0.3 is 5.97 Å². The summed E-state index contributed by atoms with van der Waals surface area (Å²) in [6.07, 6.45) is 1.63. The Morgan fingerprint density at radius 3 is 2.56 bits per heavy atom. The molecular formula is C25H27Cl2NO4. The number of fused-ring (bicyclic) bond motifs is 1. The molecule has 5 unspecified atom stereocenters. The molecule has 32 heavy (non-hydrogen) atoms. The molecule has 0 aromatic heterocycles. The maximum Gasteiger partial charge on any atom is 0.343 e. The zero-order valence-corrected chi connectivity index (χ0v) is 19.9. The second kappa shape index (κ2) is 8.95. The monoisotopic (exact) mass is 475 g/mol. The van der Waals surface area contributed by atoms with Gasteiger partial charge < -0.3 is 14.8 Å². The van der Waals surface area contributed by atoms with E-state index in [-0.39, 0.29) is 36.3 Å². The van der Waals surface area contributed by atoms with Gasteiger partial charge in [0.1, 0.15) is 5.75 Å². The van der Waals surface area contributed by atoms with Crippen molar-refractivity contribution in [3.8, 4) is 5.75 Å². The number of methoxy groups -OCH3 is 1. The van der Waals surface area contributed by atoms with E-state index in [2.05, 4.69) is 36.0 Å². The number of halogens is 2. The Kier molecular flexibility index (Phi) is 6.42. The Labute approximate surface area is 198 Å². The maximum atomic E-state index is 12.9. The van der Waals surface area contributed by atoms with Gasteiger partial charge in [0.15, 0.2) is 6.61 Å². The number of carbonyl (C=O) groups excluding carboxylic acids is 2. The number of carbonyl (C=O) groups is 2. The Bertz CT molecular complexity index is 1030.